The van der Waals surface area contributed by atoms with E-state index in [0.29, 0.717) is 6.42 Å². The van der Waals surface area contributed by atoms with Crippen molar-refractivity contribution in [3.8, 4) is 0 Å². The molecule has 254 valence electrons. The molecule has 0 aromatic carbocycles. The summed E-state index contributed by atoms with van der Waals surface area (Å²) >= 11 is 0. The van der Waals surface area contributed by atoms with Crippen LogP contribution >= 0.6 is 0 Å². The SMILES string of the molecule is CCCCCCCCCCCCCCCCCC(=O)O[C@](O)(CO)[C@H]1OC(=O)C(O)=C1O.O=C1O[C@H]([C@@H](O)CO)C(O)=C1O. The Morgan fingerprint density at radius 2 is 1.18 bits per heavy atom. The van der Waals surface area contributed by atoms with E-state index in [1.54, 1.807) is 0 Å². The minimum atomic E-state index is -2.64. The van der Waals surface area contributed by atoms with Crippen LogP contribution in [0.15, 0.2) is 23.0 Å². The van der Waals surface area contributed by atoms with Gasteiger partial charge in [0.1, 0.15) is 12.7 Å². The van der Waals surface area contributed by atoms with Crippen LogP contribution in [-0.4, -0.2) is 96.1 Å². The largest absolute Gasteiger partial charge is 0.505 e. The first-order valence-electron chi connectivity index (χ1n) is 15.4. The molecule has 0 radical (unpaired) electrons. The molecule has 0 amide bonds. The van der Waals surface area contributed by atoms with Crippen LogP contribution in [0.25, 0.3) is 0 Å². The average Bonchev–Trinajstić information content (AvgIpc) is 3.43. The maximum absolute atomic E-state index is 12.0. The molecule has 8 N–H and O–H groups in total. The zero-order valence-electron chi connectivity index (χ0n) is 25.5. The van der Waals surface area contributed by atoms with Crippen molar-refractivity contribution in [2.75, 3.05) is 13.2 Å². The molecule has 14 heteroatoms. The fraction of sp³-hybridized carbons (Fsp3) is 0.767. The number of esters is 3. The highest BCUT2D eigenvalue weighted by atomic mass is 16.7. The predicted octanol–water partition coefficient (Wildman–Crippen LogP) is 3.32. The molecule has 4 atom stereocenters. The van der Waals surface area contributed by atoms with Crippen LogP contribution in [0, 0.1) is 0 Å². The number of cyclic esters (lactones) is 2. The van der Waals surface area contributed by atoms with Gasteiger partial charge in [-0.2, -0.15) is 0 Å². The third kappa shape index (κ3) is 12.9. The molecule has 2 heterocycles. The minimum absolute atomic E-state index is 0.0255. The van der Waals surface area contributed by atoms with Crippen molar-refractivity contribution >= 4 is 17.9 Å². The number of rotatable bonds is 21. The summed E-state index contributed by atoms with van der Waals surface area (Å²) in [7, 11) is 0. The van der Waals surface area contributed by atoms with Gasteiger partial charge in [-0.15, -0.1) is 0 Å². The molecular formula is C30H50O14. The zero-order chi connectivity index (χ0) is 33.1. The number of aliphatic hydroxyl groups excluding tert-OH is 7. The first-order chi connectivity index (χ1) is 20.9. The molecule has 0 saturated carbocycles. The summed E-state index contributed by atoms with van der Waals surface area (Å²) < 4.78 is 13.7. The Balaban J connectivity index is 0.000000669. The van der Waals surface area contributed by atoms with E-state index in [2.05, 4.69) is 16.4 Å². The molecule has 2 aliphatic rings. The number of carbonyl (C=O) groups excluding carboxylic acids is 3. The molecule has 0 saturated heterocycles. The average molecular weight is 635 g/mol. The van der Waals surface area contributed by atoms with Crippen molar-refractivity contribution in [3.63, 3.8) is 0 Å². The van der Waals surface area contributed by atoms with Crippen LogP contribution in [0.3, 0.4) is 0 Å². The number of aliphatic hydroxyl groups is 8. The van der Waals surface area contributed by atoms with Crippen molar-refractivity contribution in [1.82, 2.24) is 0 Å². The fourth-order valence-corrected chi connectivity index (χ4v) is 4.63. The number of unbranched alkanes of at least 4 members (excludes halogenated alkanes) is 14. The lowest BCUT2D eigenvalue weighted by Gasteiger charge is -2.29. The first kappa shape index (κ1) is 39.0. The highest BCUT2D eigenvalue weighted by Gasteiger charge is 2.52. The number of hydrogen-bond donors (Lipinski definition) is 8. The second-order valence-electron chi connectivity index (χ2n) is 11.0. The molecule has 0 fully saturated rings. The van der Waals surface area contributed by atoms with E-state index in [9.17, 15) is 34.8 Å². The van der Waals surface area contributed by atoms with Gasteiger partial charge in [0.15, 0.2) is 17.6 Å². The number of ether oxygens (including phenoxy) is 3. The lowest BCUT2D eigenvalue weighted by Crippen LogP contribution is -2.50. The Kier molecular flexibility index (Phi) is 18.4. The van der Waals surface area contributed by atoms with Crippen molar-refractivity contribution in [2.24, 2.45) is 0 Å². The van der Waals surface area contributed by atoms with Crippen LogP contribution in [-0.2, 0) is 28.6 Å². The third-order valence-electron chi connectivity index (χ3n) is 7.30. The molecule has 2 aliphatic heterocycles. The summed E-state index contributed by atoms with van der Waals surface area (Å²) in [6.45, 7) is 0.464. The van der Waals surface area contributed by atoms with Crippen molar-refractivity contribution in [1.29, 1.82) is 0 Å². The Labute approximate surface area is 257 Å². The van der Waals surface area contributed by atoms with Crippen molar-refractivity contribution < 1.29 is 69.4 Å². The summed E-state index contributed by atoms with van der Waals surface area (Å²) in [6.07, 6.45) is 13.4. The minimum Gasteiger partial charge on any atom is -0.505 e. The van der Waals surface area contributed by atoms with E-state index < -0.39 is 78.3 Å². The monoisotopic (exact) mass is 634 g/mol. The van der Waals surface area contributed by atoms with Gasteiger partial charge in [0.25, 0.3) is 5.79 Å². The van der Waals surface area contributed by atoms with Gasteiger partial charge in [-0.25, -0.2) is 9.59 Å². The molecule has 0 aromatic heterocycles. The maximum atomic E-state index is 12.0. The lowest BCUT2D eigenvalue weighted by atomic mass is 10.0. The molecule has 0 bridgehead atoms. The second kappa shape index (κ2) is 20.8. The predicted molar refractivity (Wildman–Crippen MR) is 155 cm³/mol. The molecule has 44 heavy (non-hydrogen) atoms. The summed E-state index contributed by atoms with van der Waals surface area (Å²) in [5.74, 6) is -9.54. The Morgan fingerprint density at radius 1 is 0.750 bits per heavy atom. The summed E-state index contributed by atoms with van der Waals surface area (Å²) in [4.78, 5) is 33.8. The smallest absolute Gasteiger partial charge is 0.378 e. The van der Waals surface area contributed by atoms with E-state index in [0.717, 1.165) is 19.3 Å². The highest BCUT2D eigenvalue weighted by Crippen LogP contribution is 2.29. The highest BCUT2D eigenvalue weighted by molar-refractivity contribution is 5.89. The second-order valence-corrected chi connectivity index (χ2v) is 11.0. The third-order valence-corrected chi connectivity index (χ3v) is 7.30. The molecule has 14 nitrogen and oxygen atoms in total. The molecule has 0 aliphatic carbocycles. The standard InChI is InChI=1S/C24H42O8.C6H8O6/c1-2-3-4-5-6-7-8-9-10-11-12-13-14-15-16-17-19(26)32-24(30,18-25)22-20(27)21(28)23(29)31-22;7-1-2(8)5-3(9)4(10)6(11)12-5/h22,25,27-28,30H,2-18H2,1H3;2,5,7-10H,1H2/t22-,24+;2-,5+/m00/s1. The van der Waals surface area contributed by atoms with Crippen molar-refractivity contribution in [3.05, 3.63) is 23.0 Å². The van der Waals surface area contributed by atoms with E-state index in [1.165, 1.54) is 70.6 Å². The van der Waals surface area contributed by atoms with E-state index >= 15 is 0 Å². The summed E-state index contributed by atoms with van der Waals surface area (Å²) in [5.41, 5.74) is 0. The van der Waals surface area contributed by atoms with Crippen LogP contribution in [0.1, 0.15) is 110 Å². The van der Waals surface area contributed by atoms with Gasteiger partial charge in [-0.1, -0.05) is 96.8 Å². The fourth-order valence-electron chi connectivity index (χ4n) is 4.63. The Hall–Kier alpha value is -3.07. The Bertz CT molecular complexity index is 961. The number of carbonyl (C=O) groups is 3. The molecule has 0 aromatic rings. The van der Waals surface area contributed by atoms with E-state index in [4.69, 9.17) is 25.2 Å². The van der Waals surface area contributed by atoms with Crippen LogP contribution in [0.4, 0.5) is 0 Å². The first-order valence-corrected chi connectivity index (χ1v) is 15.4. The van der Waals surface area contributed by atoms with Crippen molar-refractivity contribution in [2.45, 2.75) is 134 Å². The zero-order valence-corrected chi connectivity index (χ0v) is 25.5. The van der Waals surface area contributed by atoms with Crippen LogP contribution in [0.5, 0.6) is 0 Å². The number of hydrogen-bond acceptors (Lipinski definition) is 14. The molecule has 0 spiro atoms. The summed E-state index contributed by atoms with van der Waals surface area (Å²) in [5, 5.41) is 73.6. The Morgan fingerprint density at radius 3 is 1.55 bits per heavy atom. The van der Waals surface area contributed by atoms with Gasteiger partial charge in [0, 0.05) is 6.42 Å². The van der Waals surface area contributed by atoms with Gasteiger partial charge in [-0.3, -0.25) is 4.79 Å². The van der Waals surface area contributed by atoms with Gasteiger partial charge < -0.3 is 55.1 Å². The molecule has 0 unspecified atom stereocenters. The van der Waals surface area contributed by atoms with Gasteiger partial charge in [0.2, 0.25) is 17.6 Å². The quantitative estimate of drug-likeness (QED) is 0.0391. The maximum Gasteiger partial charge on any atom is 0.378 e. The van der Waals surface area contributed by atoms with E-state index in [-0.39, 0.29) is 6.42 Å². The summed E-state index contributed by atoms with van der Waals surface area (Å²) in [6, 6.07) is 0. The van der Waals surface area contributed by atoms with Gasteiger partial charge in [-0.05, 0) is 6.42 Å². The van der Waals surface area contributed by atoms with E-state index in [1.807, 2.05) is 0 Å². The molecular weight excluding hydrogens is 584 g/mol. The normalized spacial score (nSPS) is 20.1. The van der Waals surface area contributed by atoms with Crippen LogP contribution in [0.2, 0.25) is 0 Å². The van der Waals surface area contributed by atoms with Gasteiger partial charge >= 0.3 is 17.9 Å². The van der Waals surface area contributed by atoms with Gasteiger partial charge in [0.05, 0.1) is 6.61 Å². The van der Waals surface area contributed by atoms with Crippen LogP contribution < -0.4 is 0 Å². The lowest BCUT2D eigenvalue weighted by molar-refractivity contribution is -0.259. The molecule has 2 rings (SSSR count). The topological polar surface area (TPSA) is 241 Å².